The monoisotopic (exact) mass is 380 g/mol. The minimum atomic E-state index is -0.348. The third-order valence-electron chi connectivity index (χ3n) is 3.66. The van der Waals surface area contributed by atoms with Crippen LogP contribution in [0.1, 0.15) is 13.8 Å². The van der Waals surface area contributed by atoms with Gasteiger partial charge in [0.05, 0.1) is 30.8 Å². The molecule has 2 aromatic rings. The number of esters is 1. The van der Waals surface area contributed by atoms with Crippen molar-refractivity contribution >= 4 is 23.7 Å². The lowest BCUT2D eigenvalue weighted by Crippen LogP contribution is -2.37. The van der Waals surface area contributed by atoms with Crippen molar-refractivity contribution in [3.63, 3.8) is 0 Å². The molecule has 1 saturated heterocycles. The van der Waals surface area contributed by atoms with Crippen molar-refractivity contribution < 1.29 is 18.7 Å². The molecule has 0 bridgehead atoms. The molecule has 9 heteroatoms. The van der Waals surface area contributed by atoms with E-state index in [0.29, 0.717) is 43.1 Å². The summed E-state index contributed by atoms with van der Waals surface area (Å²) < 4.78 is 26.1. The summed E-state index contributed by atoms with van der Waals surface area (Å²) in [6.07, 6.45) is -0.173. The quantitative estimate of drug-likeness (QED) is 0.562. The molecule has 140 valence electrons. The normalized spacial score (nSPS) is 14.7. The van der Waals surface area contributed by atoms with E-state index in [1.54, 1.807) is 30.5 Å². The molecular formula is C17H21FN4O3S. The Labute approximate surface area is 155 Å². The van der Waals surface area contributed by atoms with Gasteiger partial charge in [-0.2, -0.15) is 0 Å². The van der Waals surface area contributed by atoms with E-state index >= 15 is 0 Å². The average Bonchev–Trinajstić information content (AvgIpc) is 3.04. The first-order valence-electron chi connectivity index (χ1n) is 8.41. The molecule has 26 heavy (non-hydrogen) atoms. The maximum atomic E-state index is 13.8. The molecule has 0 saturated carbocycles. The number of carbonyl (C=O) groups is 1. The summed E-state index contributed by atoms with van der Waals surface area (Å²) in [5.74, 6) is 0.0407. The second-order valence-electron chi connectivity index (χ2n) is 6.02. The van der Waals surface area contributed by atoms with Crippen LogP contribution in [-0.4, -0.2) is 58.9 Å². The van der Waals surface area contributed by atoms with Crippen LogP contribution < -0.4 is 4.90 Å². The molecule has 7 nitrogen and oxygen atoms in total. The SMILES string of the molecule is CC(C)OC(=O)CSc1nnc(N2CCOCC2)n1-c1cccc(F)c1. The van der Waals surface area contributed by atoms with Gasteiger partial charge in [0.25, 0.3) is 0 Å². The van der Waals surface area contributed by atoms with Crippen molar-refractivity contribution in [1.29, 1.82) is 0 Å². The van der Waals surface area contributed by atoms with Crippen LogP contribution >= 0.6 is 11.8 Å². The van der Waals surface area contributed by atoms with Crippen molar-refractivity contribution in [2.75, 3.05) is 37.0 Å². The Bertz CT molecular complexity index is 762. The molecular weight excluding hydrogens is 359 g/mol. The van der Waals surface area contributed by atoms with Crippen molar-refractivity contribution in [3.8, 4) is 5.69 Å². The van der Waals surface area contributed by atoms with Gasteiger partial charge in [0.1, 0.15) is 5.82 Å². The van der Waals surface area contributed by atoms with Crippen LogP contribution in [0.2, 0.25) is 0 Å². The van der Waals surface area contributed by atoms with Crippen LogP contribution in [0.5, 0.6) is 0 Å². The van der Waals surface area contributed by atoms with E-state index in [0.717, 1.165) is 0 Å². The smallest absolute Gasteiger partial charge is 0.316 e. The van der Waals surface area contributed by atoms with Crippen molar-refractivity contribution in [2.24, 2.45) is 0 Å². The predicted octanol–water partition coefficient (Wildman–Crippen LogP) is 2.29. The molecule has 1 aromatic heterocycles. The number of halogens is 1. The fourth-order valence-electron chi connectivity index (χ4n) is 2.59. The average molecular weight is 380 g/mol. The molecule has 2 heterocycles. The molecule has 3 rings (SSSR count). The molecule has 1 aromatic carbocycles. The van der Waals surface area contributed by atoms with Crippen molar-refractivity contribution in [3.05, 3.63) is 30.1 Å². The molecule has 1 aliphatic rings. The molecule has 0 unspecified atom stereocenters. The Morgan fingerprint density at radius 3 is 2.81 bits per heavy atom. The van der Waals surface area contributed by atoms with E-state index in [1.807, 2.05) is 4.90 Å². The largest absolute Gasteiger partial charge is 0.462 e. The lowest BCUT2D eigenvalue weighted by molar-refractivity contribution is -0.144. The number of carbonyl (C=O) groups excluding carboxylic acids is 1. The number of ether oxygens (including phenoxy) is 2. The van der Waals surface area contributed by atoms with Crippen molar-refractivity contribution in [1.82, 2.24) is 14.8 Å². The van der Waals surface area contributed by atoms with E-state index in [-0.39, 0.29) is 23.6 Å². The third-order valence-corrected chi connectivity index (χ3v) is 4.57. The molecule has 0 amide bonds. The summed E-state index contributed by atoms with van der Waals surface area (Å²) in [6.45, 7) is 6.14. The van der Waals surface area contributed by atoms with Crippen LogP contribution in [0.3, 0.4) is 0 Å². The van der Waals surface area contributed by atoms with Gasteiger partial charge in [-0.1, -0.05) is 17.8 Å². The van der Waals surface area contributed by atoms with E-state index in [2.05, 4.69) is 10.2 Å². The minimum absolute atomic E-state index is 0.106. The highest BCUT2D eigenvalue weighted by Crippen LogP contribution is 2.27. The number of anilines is 1. The topological polar surface area (TPSA) is 69.5 Å². The number of hydrogen-bond donors (Lipinski definition) is 0. The van der Waals surface area contributed by atoms with Gasteiger partial charge in [0.2, 0.25) is 5.95 Å². The summed E-state index contributed by atoms with van der Waals surface area (Å²) >= 11 is 1.22. The number of thioether (sulfide) groups is 1. The first-order valence-corrected chi connectivity index (χ1v) is 9.39. The summed E-state index contributed by atoms with van der Waals surface area (Å²) in [5, 5.41) is 9.00. The van der Waals surface area contributed by atoms with Crippen LogP contribution in [0.15, 0.2) is 29.4 Å². The summed E-state index contributed by atoms with van der Waals surface area (Å²) in [6, 6.07) is 6.22. The van der Waals surface area contributed by atoms with Crippen LogP contribution in [0, 0.1) is 5.82 Å². The lowest BCUT2D eigenvalue weighted by Gasteiger charge is -2.27. The number of benzene rings is 1. The Morgan fingerprint density at radius 1 is 1.35 bits per heavy atom. The van der Waals surface area contributed by atoms with Crippen LogP contribution in [-0.2, 0) is 14.3 Å². The maximum Gasteiger partial charge on any atom is 0.316 e. The number of hydrogen-bond acceptors (Lipinski definition) is 7. The summed E-state index contributed by atoms with van der Waals surface area (Å²) in [4.78, 5) is 13.9. The minimum Gasteiger partial charge on any atom is -0.462 e. The zero-order valence-corrected chi connectivity index (χ0v) is 15.5. The van der Waals surface area contributed by atoms with Gasteiger partial charge in [-0.05, 0) is 32.0 Å². The van der Waals surface area contributed by atoms with E-state index in [4.69, 9.17) is 9.47 Å². The number of aromatic nitrogens is 3. The van der Waals surface area contributed by atoms with Gasteiger partial charge >= 0.3 is 5.97 Å². The van der Waals surface area contributed by atoms with Gasteiger partial charge in [0.15, 0.2) is 5.16 Å². The molecule has 1 fully saturated rings. The van der Waals surface area contributed by atoms with Gasteiger partial charge in [-0.3, -0.25) is 9.36 Å². The highest BCUT2D eigenvalue weighted by Gasteiger charge is 2.22. The predicted molar refractivity (Wildman–Crippen MR) is 96.3 cm³/mol. The Kier molecular flexibility index (Phi) is 6.10. The molecule has 0 spiro atoms. The highest BCUT2D eigenvalue weighted by atomic mass is 32.2. The first-order chi connectivity index (χ1) is 12.5. The lowest BCUT2D eigenvalue weighted by atomic mass is 10.3. The Morgan fingerprint density at radius 2 is 2.12 bits per heavy atom. The first kappa shape index (κ1) is 18.7. The molecule has 1 aliphatic heterocycles. The Hall–Kier alpha value is -2.13. The van der Waals surface area contributed by atoms with Gasteiger partial charge in [-0.25, -0.2) is 4.39 Å². The Balaban J connectivity index is 1.88. The number of morpholine rings is 1. The zero-order chi connectivity index (χ0) is 18.5. The molecule has 0 radical (unpaired) electrons. The van der Waals surface area contributed by atoms with E-state index in [9.17, 15) is 9.18 Å². The fourth-order valence-corrected chi connectivity index (χ4v) is 3.32. The van der Waals surface area contributed by atoms with Gasteiger partial charge in [-0.15, -0.1) is 10.2 Å². The van der Waals surface area contributed by atoms with E-state index in [1.165, 1.54) is 23.9 Å². The fraction of sp³-hybridized carbons (Fsp3) is 0.471. The summed E-state index contributed by atoms with van der Waals surface area (Å²) in [7, 11) is 0. The molecule has 0 aliphatic carbocycles. The number of rotatable bonds is 6. The van der Waals surface area contributed by atoms with E-state index < -0.39 is 0 Å². The number of nitrogens with zero attached hydrogens (tertiary/aromatic N) is 4. The molecule has 0 N–H and O–H groups in total. The maximum absolute atomic E-state index is 13.8. The third kappa shape index (κ3) is 4.53. The van der Waals surface area contributed by atoms with Gasteiger partial charge < -0.3 is 14.4 Å². The second-order valence-corrected chi connectivity index (χ2v) is 6.97. The van der Waals surface area contributed by atoms with Crippen molar-refractivity contribution in [2.45, 2.75) is 25.1 Å². The van der Waals surface area contributed by atoms with Gasteiger partial charge in [0, 0.05) is 13.1 Å². The molecule has 0 atom stereocenters. The van der Waals surface area contributed by atoms with Crippen LogP contribution in [0.4, 0.5) is 10.3 Å². The standard InChI is InChI=1S/C17H21FN4O3S/c1-12(2)25-15(23)11-26-17-20-19-16(21-6-8-24-9-7-21)22(17)14-5-3-4-13(18)10-14/h3-5,10,12H,6-9,11H2,1-2H3. The summed E-state index contributed by atoms with van der Waals surface area (Å²) in [5.41, 5.74) is 0.608. The highest BCUT2D eigenvalue weighted by molar-refractivity contribution is 7.99. The zero-order valence-electron chi connectivity index (χ0n) is 14.7. The van der Waals surface area contributed by atoms with Crippen LogP contribution in [0.25, 0.3) is 5.69 Å². The second kappa shape index (κ2) is 8.50.